The number of nitrogens with zero attached hydrogens (tertiary/aromatic N) is 2. The molecule has 3 nitrogen and oxygen atoms in total. The van der Waals surface area contributed by atoms with E-state index in [1.165, 1.54) is 0 Å². The lowest BCUT2D eigenvalue weighted by atomic mass is 10.2. The Bertz CT molecular complexity index is 265. The third kappa shape index (κ3) is 3.87. The van der Waals surface area contributed by atoms with E-state index in [0.29, 0.717) is 12.5 Å². The summed E-state index contributed by atoms with van der Waals surface area (Å²) in [6.45, 7) is 2.67. The molecule has 0 aromatic carbocycles. The van der Waals surface area contributed by atoms with Crippen molar-refractivity contribution < 1.29 is 4.39 Å². The number of hydrogen-bond donors (Lipinski definition) is 1. The van der Waals surface area contributed by atoms with Gasteiger partial charge in [-0.3, -0.25) is 0 Å². The fourth-order valence-corrected chi connectivity index (χ4v) is 1.32. The zero-order valence-electron chi connectivity index (χ0n) is 8.00. The summed E-state index contributed by atoms with van der Waals surface area (Å²) in [4.78, 5) is 7.51. The number of aromatic nitrogens is 2. The number of nitrogens with one attached hydrogen (secondary N) is 1. The Labute approximate surface area is 87.7 Å². The van der Waals surface area contributed by atoms with Crippen LogP contribution in [0.5, 0.6) is 0 Å². The fourth-order valence-electron chi connectivity index (χ4n) is 1.02. The predicted molar refractivity (Wildman–Crippen MR) is 55.0 cm³/mol. The number of anilines is 1. The van der Waals surface area contributed by atoms with Crippen molar-refractivity contribution in [2.24, 2.45) is 0 Å². The van der Waals surface area contributed by atoms with Crippen LogP contribution in [0.3, 0.4) is 0 Å². The Morgan fingerprint density at radius 3 is 2.71 bits per heavy atom. The van der Waals surface area contributed by atoms with Gasteiger partial charge < -0.3 is 5.32 Å². The molecular weight excluding hydrogens is 205 g/mol. The minimum Gasteiger partial charge on any atom is -0.353 e. The van der Waals surface area contributed by atoms with Crippen molar-refractivity contribution in [2.45, 2.75) is 25.1 Å². The average molecular weight is 218 g/mol. The van der Waals surface area contributed by atoms with Crippen LogP contribution in [0, 0.1) is 5.82 Å². The summed E-state index contributed by atoms with van der Waals surface area (Å²) in [6.07, 6.45) is 4.23. The zero-order valence-corrected chi connectivity index (χ0v) is 8.76. The van der Waals surface area contributed by atoms with Crippen molar-refractivity contribution in [3.8, 4) is 0 Å². The summed E-state index contributed by atoms with van der Waals surface area (Å²) in [5.41, 5.74) is 0. The van der Waals surface area contributed by atoms with Crippen LogP contribution in [-0.4, -0.2) is 21.9 Å². The smallest absolute Gasteiger partial charge is 0.222 e. The van der Waals surface area contributed by atoms with Crippen LogP contribution in [0.4, 0.5) is 10.3 Å². The molecule has 1 rings (SSSR count). The van der Waals surface area contributed by atoms with Gasteiger partial charge >= 0.3 is 0 Å². The molecule has 1 heterocycles. The van der Waals surface area contributed by atoms with Crippen molar-refractivity contribution >= 4 is 17.5 Å². The third-order valence-electron chi connectivity index (χ3n) is 1.70. The van der Waals surface area contributed by atoms with Crippen molar-refractivity contribution in [1.82, 2.24) is 9.97 Å². The first kappa shape index (κ1) is 11.2. The van der Waals surface area contributed by atoms with E-state index < -0.39 is 5.82 Å². The molecule has 0 amide bonds. The molecule has 0 aliphatic carbocycles. The van der Waals surface area contributed by atoms with Gasteiger partial charge in [0.05, 0.1) is 17.8 Å². The van der Waals surface area contributed by atoms with E-state index in [4.69, 9.17) is 11.6 Å². The third-order valence-corrected chi connectivity index (χ3v) is 2.08. The van der Waals surface area contributed by atoms with Crippen LogP contribution in [0.1, 0.15) is 19.8 Å². The Balaban J connectivity index is 2.34. The van der Waals surface area contributed by atoms with Gasteiger partial charge in [0.15, 0.2) is 5.82 Å². The first-order chi connectivity index (χ1) is 6.72. The first-order valence-electron chi connectivity index (χ1n) is 4.58. The Kier molecular flexibility index (Phi) is 4.59. The fraction of sp³-hybridized carbons (Fsp3) is 0.556. The van der Waals surface area contributed by atoms with Crippen molar-refractivity contribution in [3.05, 3.63) is 18.2 Å². The standard InChI is InChI=1S/C9H13ClFN3/c1-2-3-7(10)4-12-9-13-5-8(11)6-14-9/h5-7H,2-4H2,1H3,(H,12,13,14). The average Bonchev–Trinajstić information content (AvgIpc) is 2.17. The summed E-state index contributed by atoms with van der Waals surface area (Å²) in [5.74, 6) is -0.0281. The molecular formula is C9H13ClFN3. The van der Waals surface area contributed by atoms with Gasteiger partial charge in [0.1, 0.15) is 0 Å². The van der Waals surface area contributed by atoms with Crippen LogP contribution in [0.2, 0.25) is 0 Å². The van der Waals surface area contributed by atoms with Gasteiger partial charge in [-0.2, -0.15) is 0 Å². The minimum absolute atomic E-state index is 0.0636. The second-order valence-electron chi connectivity index (χ2n) is 2.99. The van der Waals surface area contributed by atoms with E-state index >= 15 is 0 Å². The van der Waals surface area contributed by atoms with E-state index in [0.717, 1.165) is 25.2 Å². The Morgan fingerprint density at radius 1 is 1.50 bits per heavy atom. The highest BCUT2D eigenvalue weighted by Crippen LogP contribution is 2.06. The van der Waals surface area contributed by atoms with Gasteiger partial charge in [0, 0.05) is 6.54 Å². The highest BCUT2D eigenvalue weighted by Gasteiger charge is 2.03. The van der Waals surface area contributed by atoms with Crippen LogP contribution in [-0.2, 0) is 0 Å². The largest absolute Gasteiger partial charge is 0.353 e. The SMILES string of the molecule is CCCC(Cl)CNc1ncc(F)cn1. The van der Waals surface area contributed by atoms with Gasteiger partial charge in [-0.1, -0.05) is 13.3 Å². The first-order valence-corrected chi connectivity index (χ1v) is 5.01. The summed E-state index contributed by atoms with van der Waals surface area (Å²) >= 11 is 5.97. The van der Waals surface area contributed by atoms with E-state index in [2.05, 4.69) is 22.2 Å². The van der Waals surface area contributed by atoms with E-state index in [1.54, 1.807) is 0 Å². The summed E-state index contributed by atoms with van der Waals surface area (Å²) in [7, 11) is 0. The van der Waals surface area contributed by atoms with Crippen LogP contribution in [0.25, 0.3) is 0 Å². The van der Waals surface area contributed by atoms with Crippen molar-refractivity contribution in [3.63, 3.8) is 0 Å². The number of rotatable bonds is 5. The lowest BCUT2D eigenvalue weighted by Crippen LogP contribution is -2.15. The van der Waals surface area contributed by atoms with Crippen molar-refractivity contribution in [1.29, 1.82) is 0 Å². The summed E-state index contributed by atoms with van der Waals surface area (Å²) in [5, 5.41) is 3.00. The highest BCUT2D eigenvalue weighted by molar-refractivity contribution is 6.20. The van der Waals surface area contributed by atoms with Gasteiger partial charge in [-0.15, -0.1) is 11.6 Å². The molecule has 1 atom stereocenters. The molecule has 5 heteroatoms. The van der Waals surface area contributed by atoms with Gasteiger partial charge in [-0.05, 0) is 6.42 Å². The number of halogens is 2. The van der Waals surface area contributed by atoms with Crippen LogP contribution >= 0.6 is 11.6 Å². The highest BCUT2D eigenvalue weighted by atomic mass is 35.5. The maximum absolute atomic E-state index is 12.4. The topological polar surface area (TPSA) is 37.8 Å². The molecule has 0 spiro atoms. The van der Waals surface area contributed by atoms with Crippen molar-refractivity contribution in [2.75, 3.05) is 11.9 Å². The molecule has 1 unspecified atom stereocenters. The van der Waals surface area contributed by atoms with E-state index in [-0.39, 0.29) is 5.38 Å². The summed E-state index contributed by atoms with van der Waals surface area (Å²) < 4.78 is 12.4. The monoisotopic (exact) mass is 217 g/mol. The Hall–Kier alpha value is -0.900. The normalized spacial score (nSPS) is 12.5. The maximum atomic E-state index is 12.4. The molecule has 0 aliphatic rings. The van der Waals surface area contributed by atoms with Gasteiger partial charge in [-0.25, -0.2) is 14.4 Å². The molecule has 0 saturated carbocycles. The molecule has 0 radical (unpaired) electrons. The molecule has 1 aromatic heterocycles. The molecule has 78 valence electrons. The predicted octanol–water partition coefficient (Wildman–Crippen LogP) is 2.44. The molecule has 1 N–H and O–H groups in total. The molecule has 14 heavy (non-hydrogen) atoms. The molecule has 0 aliphatic heterocycles. The minimum atomic E-state index is -0.438. The van der Waals surface area contributed by atoms with Crippen LogP contribution < -0.4 is 5.32 Å². The van der Waals surface area contributed by atoms with Gasteiger partial charge in [0.2, 0.25) is 5.95 Å². The second-order valence-corrected chi connectivity index (χ2v) is 3.61. The van der Waals surface area contributed by atoms with E-state index in [9.17, 15) is 4.39 Å². The maximum Gasteiger partial charge on any atom is 0.222 e. The number of alkyl halides is 1. The quantitative estimate of drug-likeness (QED) is 0.770. The molecule has 0 saturated heterocycles. The van der Waals surface area contributed by atoms with Gasteiger partial charge in [0.25, 0.3) is 0 Å². The zero-order chi connectivity index (χ0) is 10.4. The number of hydrogen-bond acceptors (Lipinski definition) is 3. The van der Waals surface area contributed by atoms with E-state index in [1.807, 2.05) is 0 Å². The lowest BCUT2D eigenvalue weighted by molar-refractivity contribution is 0.614. The summed E-state index contributed by atoms with van der Waals surface area (Å²) in [6, 6.07) is 0. The molecule has 0 fully saturated rings. The molecule has 1 aromatic rings. The lowest BCUT2D eigenvalue weighted by Gasteiger charge is -2.08. The van der Waals surface area contributed by atoms with Crippen LogP contribution in [0.15, 0.2) is 12.4 Å². The molecule has 0 bridgehead atoms. The Morgan fingerprint density at radius 2 is 2.14 bits per heavy atom. The second kappa shape index (κ2) is 5.75.